The second kappa shape index (κ2) is 4.89. The van der Waals surface area contributed by atoms with E-state index in [1.807, 2.05) is 26.8 Å². The van der Waals surface area contributed by atoms with Crippen LogP contribution in [0.3, 0.4) is 0 Å². The Hall–Kier alpha value is -1.70. The summed E-state index contributed by atoms with van der Waals surface area (Å²) in [5.74, 6) is -0.555. The van der Waals surface area contributed by atoms with E-state index in [1.54, 1.807) is 6.07 Å². The van der Waals surface area contributed by atoms with E-state index in [9.17, 15) is 8.78 Å². The molecule has 2 rings (SSSR count). The third-order valence-corrected chi connectivity index (χ3v) is 3.21. The van der Waals surface area contributed by atoms with Crippen LogP contribution in [0.25, 0.3) is 11.1 Å². The van der Waals surface area contributed by atoms with Gasteiger partial charge < -0.3 is 0 Å². The van der Waals surface area contributed by atoms with Crippen molar-refractivity contribution in [3.63, 3.8) is 0 Å². The normalized spacial score (nSPS) is 10.7. The number of hydrogen-bond donors (Lipinski definition) is 0. The number of benzene rings is 2. The van der Waals surface area contributed by atoms with E-state index in [-0.39, 0.29) is 11.6 Å². The molecule has 0 aromatic heterocycles. The van der Waals surface area contributed by atoms with Gasteiger partial charge >= 0.3 is 0 Å². The maximum atomic E-state index is 13.6. The quantitative estimate of drug-likeness (QED) is 0.713. The van der Waals surface area contributed by atoms with Crippen LogP contribution in [-0.4, -0.2) is 0 Å². The average Bonchev–Trinajstić information content (AvgIpc) is 2.30. The molecule has 0 saturated carbocycles. The zero-order valence-corrected chi connectivity index (χ0v) is 10.8. The predicted octanol–water partition coefficient (Wildman–Crippen LogP) is 4.81. The zero-order valence-electron chi connectivity index (χ0n) is 10.8. The van der Waals surface area contributed by atoms with E-state index < -0.39 is 0 Å². The summed E-state index contributed by atoms with van der Waals surface area (Å²) in [6.45, 7) is 5.78. The van der Waals surface area contributed by atoms with Crippen molar-refractivity contribution in [2.45, 2.75) is 27.2 Å². The summed E-state index contributed by atoms with van der Waals surface area (Å²) in [6, 6.07) is 7.82. The van der Waals surface area contributed by atoms with Crippen molar-refractivity contribution in [3.8, 4) is 11.1 Å². The fourth-order valence-corrected chi connectivity index (χ4v) is 2.29. The van der Waals surface area contributed by atoms with E-state index >= 15 is 0 Å². The van der Waals surface area contributed by atoms with Crippen LogP contribution in [0, 0.1) is 25.5 Å². The molecule has 2 aromatic rings. The van der Waals surface area contributed by atoms with Crippen LogP contribution >= 0.6 is 0 Å². The summed E-state index contributed by atoms with van der Waals surface area (Å²) in [5.41, 5.74) is 4.33. The highest BCUT2D eigenvalue weighted by atomic mass is 19.1. The van der Waals surface area contributed by atoms with Gasteiger partial charge in [-0.25, -0.2) is 8.78 Å². The fraction of sp³-hybridized carbons (Fsp3) is 0.250. The van der Waals surface area contributed by atoms with Gasteiger partial charge in [0, 0.05) is 0 Å². The molecule has 94 valence electrons. The van der Waals surface area contributed by atoms with Gasteiger partial charge in [-0.05, 0) is 72.4 Å². The molecule has 0 heterocycles. The highest BCUT2D eigenvalue weighted by Crippen LogP contribution is 2.28. The first-order valence-electron chi connectivity index (χ1n) is 6.08. The maximum absolute atomic E-state index is 13.6. The summed E-state index contributed by atoms with van der Waals surface area (Å²) in [7, 11) is 0. The maximum Gasteiger partial charge on any atom is 0.124 e. The molecule has 0 saturated heterocycles. The van der Waals surface area contributed by atoms with E-state index in [2.05, 4.69) is 0 Å². The predicted molar refractivity (Wildman–Crippen MR) is 70.6 cm³/mol. The molecule has 0 nitrogen and oxygen atoms in total. The summed E-state index contributed by atoms with van der Waals surface area (Å²) >= 11 is 0. The zero-order chi connectivity index (χ0) is 13.3. The first kappa shape index (κ1) is 12.7. The lowest BCUT2D eigenvalue weighted by Crippen LogP contribution is -1.94. The summed E-state index contributed by atoms with van der Waals surface area (Å²) < 4.78 is 27.0. The lowest BCUT2D eigenvalue weighted by Gasteiger charge is -2.12. The Morgan fingerprint density at radius 1 is 0.889 bits per heavy atom. The van der Waals surface area contributed by atoms with Crippen LogP contribution in [0.5, 0.6) is 0 Å². The van der Waals surface area contributed by atoms with Gasteiger partial charge in [0.2, 0.25) is 0 Å². The van der Waals surface area contributed by atoms with E-state index in [1.165, 1.54) is 18.2 Å². The van der Waals surface area contributed by atoms with Crippen molar-refractivity contribution >= 4 is 0 Å². The Bertz CT molecular complexity index is 566. The molecule has 0 fully saturated rings. The van der Waals surface area contributed by atoms with E-state index in [4.69, 9.17) is 0 Å². The molecule has 0 unspecified atom stereocenters. The molecule has 0 aliphatic heterocycles. The number of aryl methyl sites for hydroxylation is 2. The van der Waals surface area contributed by atoms with Gasteiger partial charge in [-0.1, -0.05) is 13.0 Å². The van der Waals surface area contributed by atoms with Gasteiger partial charge in [-0.2, -0.15) is 0 Å². The van der Waals surface area contributed by atoms with Crippen molar-refractivity contribution in [1.82, 2.24) is 0 Å². The van der Waals surface area contributed by atoms with Crippen LogP contribution in [0.15, 0.2) is 30.3 Å². The topological polar surface area (TPSA) is 0 Å². The molecule has 0 radical (unpaired) electrons. The van der Waals surface area contributed by atoms with Gasteiger partial charge in [-0.15, -0.1) is 0 Å². The van der Waals surface area contributed by atoms with Crippen LogP contribution in [-0.2, 0) is 6.42 Å². The molecular formula is C16H16F2. The highest BCUT2D eigenvalue weighted by Gasteiger charge is 2.09. The summed E-state index contributed by atoms with van der Waals surface area (Å²) in [4.78, 5) is 0. The molecule has 0 spiro atoms. The SMILES string of the molecule is CCc1cc(F)cc(-c2cc(C)cc(F)c2)c1C. The smallest absolute Gasteiger partial charge is 0.124 e. The van der Waals surface area contributed by atoms with Crippen LogP contribution in [0.1, 0.15) is 23.6 Å². The minimum atomic E-state index is -0.285. The monoisotopic (exact) mass is 246 g/mol. The van der Waals surface area contributed by atoms with Crippen molar-refractivity contribution < 1.29 is 8.78 Å². The minimum absolute atomic E-state index is 0.269. The highest BCUT2D eigenvalue weighted by molar-refractivity contribution is 5.69. The molecule has 0 aliphatic carbocycles. The summed E-state index contributed by atoms with van der Waals surface area (Å²) in [6.07, 6.45) is 0.769. The number of hydrogen-bond acceptors (Lipinski definition) is 0. The second-order valence-corrected chi connectivity index (χ2v) is 4.61. The van der Waals surface area contributed by atoms with Gasteiger partial charge in [0.05, 0.1) is 0 Å². The lowest BCUT2D eigenvalue weighted by molar-refractivity contribution is 0.623. The molecule has 0 atom stereocenters. The standard InChI is InChI=1S/C16H16F2/c1-4-12-7-15(18)9-16(11(12)3)13-5-10(2)6-14(17)8-13/h5-9H,4H2,1-3H3. The molecule has 0 amide bonds. The van der Waals surface area contributed by atoms with E-state index in [0.29, 0.717) is 0 Å². The van der Waals surface area contributed by atoms with Crippen molar-refractivity contribution in [2.75, 3.05) is 0 Å². The fourth-order valence-electron chi connectivity index (χ4n) is 2.29. The van der Waals surface area contributed by atoms with Crippen LogP contribution in [0.2, 0.25) is 0 Å². The Kier molecular flexibility index (Phi) is 3.46. The van der Waals surface area contributed by atoms with Gasteiger partial charge in [0.1, 0.15) is 11.6 Å². The average molecular weight is 246 g/mol. The van der Waals surface area contributed by atoms with Crippen LogP contribution < -0.4 is 0 Å². The molecule has 2 aromatic carbocycles. The first-order valence-corrected chi connectivity index (χ1v) is 6.08. The third kappa shape index (κ3) is 2.42. The largest absolute Gasteiger partial charge is 0.207 e. The van der Waals surface area contributed by atoms with E-state index in [0.717, 1.165) is 34.2 Å². The number of rotatable bonds is 2. The Morgan fingerprint density at radius 3 is 2.17 bits per heavy atom. The summed E-state index contributed by atoms with van der Waals surface area (Å²) in [5, 5.41) is 0. The minimum Gasteiger partial charge on any atom is -0.207 e. The van der Waals surface area contributed by atoms with Gasteiger partial charge in [-0.3, -0.25) is 0 Å². The molecule has 18 heavy (non-hydrogen) atoms. The molecule has 2 heteroatoms. The Labute approximate surface area is 106 Å². The second-order valence-electron chi connectivity index (χ2n) is 4.61. The Morgan fingerprint density at radius 2 is 1.56 bits per heavy atom. The van der Waals surface area contributed by atoms with Gasteiger partial charge in [0.25, 0.3) is 0 Å². The molecule has 0 N–H and O–H groups in total. The van der Waals surface area contributed by atoms with Crippen molar-refractivity contribution in [3.05, 3.63) is 58.7 Å². The first-order chi connectivity index (χ1) is 8.51. The third-order valence-electron chi connectivity index (χ3n) is 3.21. The number of halogens is 2. The molecular weight excluding hydrogens is 230 g/mol. The van der Waals surface area contributed by atoms with Crippen molar-refractivity contribution in [2.24, 2.45) is 0 Å². The molecule has 0 aliphatic rings. The molecule has 0 bridgehead atoms. The van der Waals surface area contributed by atoms with Gasteiger partial charge in [0.15, 0.2) is 0 Å². The lowest BCUT2D eigenvalue weighted by atomic mass is 9.94. The van der Waals surface area contributed by atoms with Crippen molar-refractivity contribution in [1.29, 1.82) is 0 Å². The van der Waals surface area contributed by atoms with Crippen LogP contribution in [0.4, 0.5) is 8.78 Å². The Balaban J connectivity index is 2.66.